The van der Waals surface area contributed by atoms with Gasteiger partial charge in [-0.05, 0) is 44.9 Å². The van der Waals surface area contributed by atoms with Crippen molar-refractivity contribution in [3.8, 4) is 5.69 Å². The van der Waals surface area contributed by atoms with Gasteiger partial charge in [-0.3, -0.25) is 4.79 Å². The number of carbonyl (C=O) groups is 1. The van der Waals surface area contributed by atoms with E-state index in [9.17, 15) is 9.18 Å². The number of piperidine rings is 1. The van der Waals surface area contributed by atoms with Crippen molar-refractivity contribution in [2.24, 2.45) is 0 Å². The number of carbonyl (C=O) groups excluding carboxylic acids is 1. The largest absolute Gasteiger partial charge is 0.332 e. The Hall–Kier alpha value is -2.43. The number of likely N-dealkylation sites (tertiary alicyclic amines) is 1. The van der Waals surface area contributed by atoms with E-state index < -0.39 is 0 Å². The van der Waals surface area contributed by atoms with Crippen LogP contribution in [0.4, 0.5) is 4.39 Å². The van der Waals surface area contributed by atoms with E-state index in [1.807, 2.05) is 24.8 Å². The van der Waals surface area contributed by atoms with Gasteiger partial charge in [0.05, 0.1) is 11.7 Å². The summed E-state index contributed by atoms with van der Waals surface area (Å²) in [6.07, 6.45) is 7.10. The molecule has 0 radical (unpaired) electrons. The van der Waals surface area contributed by atoms with E-state index in [4.69, 9.17) is 0 Å². The van der Waals surface area contributed by atoms with E-state index >= 15 is 0 Å². The van der Waals surface area contributed by atoms with Crippen LogP contribution in [0.1, 0.15) is 38.3 Å². The van der Waals surface area contributed by atoms with Gasteiger partial charge in [0.1, 0.15) is 5.82 Å². The van der Waals surface area contributed by atoms with Gasteiger partial charge in [0.25, 0.3) is 0 Å². The first-order valence-corrected chi connectivity index (χ1v) is 7.87. The zero-order valence-corrected chi connectivity index (χ0v) is 13.4. The van der Waals surface area contributed by atoms with E-state index in [1.54, 1.807) is 29.2 Å². The quantitative estimate of drug-likeness (QED) is 0.811. The normalized spacial score (nSPS) is 18.5. The van der Waals surface area contributed by atoms with Gasteiger partial charge in [0, 0.05) is 30.1 Å². The third kappa shape index (κ3) is 2.91. The van der Waals surface area contributed by atoms with Gasteiger partial charge in [-0.2, -0.15) is 5.10 Å². The molecule has 1 aromatic carbocycles. The summed E-state index contributed by atoms with van der Waals surface area (Å²) in [5.74, 6) is -0.243. The lowest BCUT2D eigenvalue weighted by atomic mass is 9.98. The molecule has 1 saturated heterocycles. The Kier molecular flexibility index (Phi) is 4.28. The molecule has 2 aromatic rings. The van der Waals surface area contributed by atoms with Gasteiger partial charge >= 0.3 is 0 Å². The van der Waals surface area contributed by atoms with E-state index in [-0.39, 0.29) is 17.8 Å². The van der Waals surface area contributed by atoms with Crippen LogP contribution in [0.5, 0.6) is 0 Å². The zero-order chi connectivity index (χ0) is 16.4. The lowest BCUT2D eigenvalue weighted by Gasteiger charge is -2.34. The summed E-state index contributed by atoms with van der Waals surface area (Å²) in [4.78, 5) is 14.5. The molecule has 1 aromatic heterocycles. The third-order valence-corrected chi connectivity index (χ3v) is 4.39. The van der Waals surface area contributed by atoms with Crippen LogP contribution >= 0.6 is 0 Å². The number of halogens is 1. The molecule has 0 unspecified atom stereocenters. The van der Waals surface area contributed by atoms with Crippen molar-refractivity contribution in [2.45, 2.75) is 32.7 Å². The predicted octanol–water partition coefficient (Wildman–Crippen LogP) is 3.64. The second-order valence-electron chi connectivity index (χ2n) is 5.75. The number of aromatic nitrogens is 2. The van der Waals surface area contributed by atoms with Gasteiger partial charge < -0.3 is 4.90 Å². The van der Waals surface area contributed by atoms with Crippen molar-refractivity contribution >= 4 is 5.91 Å². The molecule has 1 atom stereocenters. The molecule has 120 valence electrons. The fourth-order valence-electron chi connectivity index (χ4n) is 3.12. The van der Waals surface area contributed by atoms with Gasteiger partial charge in [0.2, 0.25) is 5.91 Å². The molecule has 1 aliphatic heterocycles. The minimum Gasteiger partial charge on any atom is -0.332 e. The van der Waals surface area contributed by atoms with Crippen LogP contribution in [-0.4, -0.2) is 27.1 Å². The molecule has 4 nitrogen and oxygen atoms in total. The SMILES string of the molecule is C/C=C1\CCCN([C@@H](C)c2ccc(F)cc2-n2cccn2)C1=O. The minimum atomic E-state index is -0.314. The van der Waals surface area contributed by atoms with Crippen LogP contribution < -0.4 is 0 Å². The van der Waals surface area contributed by atoms with Crippen LogP contribution in [-0.2, 0) is 4.79 Å². The third-order valence-electron chi connectivity index (χ3n) is 4.39. The topological polar surface area (TPSA) is 38.1 Å². The fraction of sp³-hybridized carbons (Fsp3) is 0.333. The summed E-state index contributed by atoms with van der Waals surface area (Å²) in [6.45, 7) is 4.60. The summed E-state index contributed by atoms with van der Waals surface area (Å²) >= 11 is 0. The Morgan fingerprint density at radius 3 is 2.91 bits per heavy atom. The van der Waals surface area contributed by atoms with Crippen molar-refractivity contribution < 1.29 is 9.18 Å². The van der Waals surface area contributed by atoms with Crippen molar-refractivity contribution in [3.63, 3.8) is 0 Å². The maximum absolute atomic E-state index is 13.7. The molecule has 0 saturated carbocycles. The summed E-state index contributed by atoms with van der Waals surface area (Å²) in [5, 5.41) is 4.20. The highest BCUT2D eigenvalue weighted by molar-refractivity contribution is 5.94. The fourth-order valence-corrected chi connectivity index (χ4v) is 3.12. The van der Waals surface area contributed by atoms with Crippen LogP contribution in [0.2, 0.25) is 0 Å². The Morgan fingerprint density at radius 2 is 2.22 bits per heavy atom. The van der Waals surface area contributed by atoms with Crippen LogP contribution in [0.15, 0.2) is 48.3 Å². The Morgan fingerprint density at radius 1 is 1.39 bits per heavy atom. The molecule has 1 fully saturated rings. The molecule has 2 heterocycles. The second kappa shape index (κ2) is 6.36. The molecular formula is C18H20FN3O. The Bertz CT molecular complexity index is 737. The van der Waals surface area contributed by atoms with E-state index in [2.05, 4.69) is 5.10 Å². The van der Waals surface area contributed by atoms with Gasteiger partial charge in [-0.15, -0.1) is 0 Å². The van der Waals surface area contributed by atoms with E-state index in [0.29, 0.717) is 12.2 Å². The molecule has 5 heteroatoms. The lowest BCUT2D eigenvalue weighted by Crippen LogP contribution is -2.39. The van der Waals surface area contributed by atoms with E-state index in [0.717, 1.165) is 24.0 Å². The Balaban J connectivity index is 2.00. The molecule has 1 amide bonds. The van der Waals surface area contributed by atoms with Crippen molar-refractivity contribution in [1.29, 1.82) is 0 Å². The number of hydrogen-bond donors (Lipinski definition) is 0. The van der Waals surface area contributed by atoms with Gasteiger partial charge in [-0.25, -0.2) is 9.07 Å². The van der Waals surface area contributed by atoms with Crippen molar-refractivity contribution in [1.82, 2.24) is 14.7 Å². The van der Waals surface area contributed by atoms with Gasteiger partial charge in [0.15, 0.2) is 0 Å². The molecule has 3 rings (SSSR count). The first-order valence-electron chi connectivity index (χ1n) is 7.87. The average Bonchev–Trinajstić information content (AvgIpc) is 3.09. The van der Waals surface area contributed by atoms with Crippen molar-refractivity contribution in [2.75, 3.05) is 6.54 Å². The Labute approximate surface area is 135 Å². The molecule has 0 spiro atoms. The monoisotopic (exact) mass is 313 g/mol. The lowest BCUT2D eigenvalue weighted by molar-refractivity contribution is -0.130. The molecule has 0 N–H and O–H groups in total. The zero-order valence-electron chi connectivity index (χ0n) is 13.4. The number of allylic oxidation sites excluding steroid dienone is 1. The van der Waals surface area contributed by atoms with Crippen molar-refractivity contribution in [3.05, 3.63) is 59.7 Å². The molecular weight excluding hydrogens is 293 g/mol. The number of nitrogens with zero attached hydrogens (tertiary/aromatic N) is 3. The predicted molar refractivity (Wildman–Crippen MR) is 86.6 cm³/mol. The highest BCUT2D eigenvalue weighted by atomic mass is 19.1. The number of hydrogen-bond acceptors (Lipinski definition) is 2. The van der Waals surface area contributed by atoms with Gasteiger partial charge in [-0.1, -0.05) is 12.1 Å². The molecule has 23 heavy (non-hydrogen) atoms. The number of amides is 1. The maximum atomic E-state index is 13.7. The number of benzene rings is 1. The average molecular weight is 313 g/mol. The summed E-state index contributed by atoms with van der Waals surface area (Å²) in [7, 11) is 0. The highest BCUT2D eigenvalue weighted by Crippen LogP contribution is 2.31. The molecule has 1 aliphatic rings. The minimum absolute atomic E-state index is 0.0713. The summed E-state index contributed by atoms with van der Waals surface area (Å²) in [6, 6.07) is 6.29. The molecule has 0 aliphatic carbocycles. The summed E-state index contributed by atoms with van der Waals surface area (Å²) < 4.78 is 15.3. The van der Waals surface area contributed by atoms with Crippen LogP contribution in [0.3, 0.4) is 0 Å². The van der Waals surface area contributed by atoms with Crippen LogP contribution in [0, 0.1) is 5.82 Å². The maximum Gasteiger partial charge on any atom is 0.249 e. The first kappa shape index (κ1) is 15.5. The number of rotatable bonds is 3. The summed E-state index contributed by atoms with van der Waals surface area (Å²) in [5.41, 5.74) is 2.41. The van der Waals surface area contributed by atoms with E-state index in [1.165, 1.54) is 12.1 Å². The van der Waals surface area contributed by atoms with Crippen LogP contribution in [0.25, 0.3) is 5.69 Å². The molecule has 0 bridgehead atoms. The smallest absolute Gasteiger partial charge is 0.249 e. The first-order chi connectivity index (χ1) is 11.1. The highest BCUT2D eigenvalue weighted by Gasteiger charge is 2.28. The second-order valence-corrected chi connectivity index (χ2v) is 5.75. The standard InChI is InChI=1S/C18H20FN3O/c1-3-14-6-4-10-21(18(14)23)13(2)16-8-7-15(19)12-17(16)22-11-5-9-20-22/h3,5,7-9,11-13H,4,6,10H2,1-2H3/b14-3+/t13-/m0/s1.